The molecule has 2 aromatic carbocycles. The lowest BCUT2D eigenvalue weighted by atomic mass is 10.1. The summed E-state index contributed by atoms with van der Waals surface area (Å²) in [6, 6.07) is 11.4. The molecule has 0 spiro atoms. The van der Waals surface area contributed by atoms with Gasteiger partial charge in [0.25, 0.3) is 11.8 Å². The molecule has 0 atom stereocenters. The van der Waals surface area contributed by atoms with Gasteiger partial charge in [0.05, 0.1) is 19.8 Å². The third-order valence-electron chi connectivity index (χ3n) is 3.84. The topological polar surface area (TPSA) is 104 Å². The molecule has 8 nitrogen and oxygen atoms in total. The molecule has 0 saturated heterocycles. The maximum absolute atomic E-state index is 12.3. The molecule has 1 amide bonds. The number of hydrogen-bond donors (Lipinski definition) is 1. The van der Waals surface area contributed by atoms with E-state index < -0.39 is 5.91 Å². The predicted octanol–water partition coefficient (Wildman–Crippen LogP) is 3.21. The highest BCUT2D eigenvalue weighted by atomic mass is 16.5. The zero-order valence-electron chi connectivity index (χ0n) is 15.0. The first-order valence-electron chi connectivity index (χ1n) is 8.00. The maximum atomic E-state index is 12.3. The number of carbonyl (C=O) groups is 2. The molecule has 8 heteroatoms. The number of rotatable bonds is 6. The standard InChI is InChI=1S/C19H17N3O5/c1-11(23)12-4-6-13(7-5-12)17(24)20-19-22-21-18(27-19)15-9-8-14(25-2)10-16(15)26-3/h4-10H,1-3H3,(H,20,22,24). The minimum Gasteiger partial charge on any atom is -0.497 e. The molecule has 0 unspecified atom stereocenters. The van der Waals surface area contributed by atoms with Crippen molar-refractivity contribution in [2.75, 3.05) is 19.5 Å². The molecule has 1 heterocycles. The van der Waals surface area contributed by atoms with Gasteiger partial charge in [-0.05, 0) is 31.2 Å². The Morgan fingerprint density at radius 2 is 1.67 bits per heavy atom. The molecular weight excluding hydrogens is 350 g/mol. The van der Waals surface area contributed by atoms with Gasteiger partial charge in [0.1, 0.15) is 11.5 Å². The number of aromatic nitrogens is 2. The zero-order valence-corrected chi connectivity index (χ0v) is 15.0. The Morgan fingerprint density at radius 1 is 0.963 bits per heavy atom. The van der Waals surface area contributed by atoms with Gasteiger partial charge >= 0.3 is 6.01 Å². The Hall–Kier alpha value is -3.68. The van der Waals surface area contributed by atoms with Crippen molar-refractivity contribution in [3.8, 4) is 23.0 Å². The molecule has 0 aliphatic carbocycles. The molecule has 3 aromatic rings. The van der Waals surface area contributed by atoms with Crippen molar-refractivity contribution in [2.24, 2.45) is 0 Å². The number of amides is 1. The van der Waals surface area contributed by atoms with Gasteiger partial charge in [0, 0.05) is 17.2 Å². The van der Waals surface area contributed by atoms with Crippen molar-refractivity contribution in [1.82, 2.24) is 10.2 Å². The van der Waals surface area contributed by atoms with Gasteiger partial charge in [-0.2, -0.15) is 0 Å². The van der Waals surface area contributed by atoms with Crippen LogP contribution in [0, 0.1) is 0 Å². The van der Waals surface area contributed by atoms with E-state index in [9.17, 15) is 9.59 Å². The average Bonchev–Trinajstić information content (AvgIpc) is 3.15. The van der Waals surface area contributed by atoms with Gasteiger partial charge in [-0.3, -0.25) is 14.9 Å². The summed E-state index contributed by atoms with van der Waals surface area (Å²) in [6.45, 7) is 1.46. The highest BCUT2D eigenvalue weighted by Gasteiger charge is 2.16. The van der Waals surface area contributed by atoms with E-state index in [1.807, 2.05) is 0 Å². The number of benzene rings is 2. The van der Waals surface area contributed by atoms with E-state index in [2.05, 4.69) is 15.5 Å². The second-order valence-electron chi connectivity index (χ2n) is 5.57. The van der Waals surface area contributed by atoms with Crippen LogP contribution in [0.3, 0.4) is 0 Å². The second kappa shape index (κ2) is 7.69. The number of nitrogens with one attached hydrogen (secondary N) is 1. The fourth-order valence-corrected chi connectivity index (χ4v) is 2.38. The molecule has 0 bridgehead atoms. The fourth-order valence-electron chi connectivity index (χ4n) is 2.38. The molecule has 0 saturated carbocycles. The molecule has 0 fully saturated rings. The Bertz CT molecular complexity index is 979. The van der Waals surface area contributed by atoms with E-state index in [-0.39, 0.29) is 17.7 Å². The summed E-state index contributed by atoms with van der Waals surface area (Å²) in [4.78, 5) is 23.6. The second-order valence-corrected chi connectivity index (χ2v) is 5.57. The Kier molecular flexibility index (Phi) is 5.16. The van der Waals surface area contributed by atoms with Crippen molar-refractivity contribution < 1.29 is 23.5 Å². The van der Waals surface area contributed by atoms with Gasteiger partial charge in [0.2, 0.25) is 0 Å². The fraction of sp³-hybridized carbons (Fsp3) is 0.158. The number of ether oxygens (including phenoxy) is 2. The van der Waals surface area contributed by atoms with Crippen LogP contribution in [0.2, 0.25) is 0 Å². The van der Waals surface area contributed by atoms with Crippen LogP contribution >= 0.6 is 0 Å². The zero-order chi connectivity index (χ0) is 19.4. The van der Waals surface area contributed by atoms with Crippen LogP contribution in [0.4, 0.5) is 6.01 Å². The first-order chi connectivity index (χ1) is 13.0. The van der Waals surface area contributed by atoms with Crippen molar-refractivity contribution in [1.29, 1.82) is 0 Å². The van der Waals surface area contributed by atoms with Crippen molar-refractivity contribution in [3.05, 3.63) is 53.6 Å². The van der Waals surface area contributed by atoms with Crippen LogP contribution in [-0.4, -0.2) is 36.1 Å². The summed E-state index contributed by atoms with van der Waals surface area (Å²) in [5.41, 5.74) is 1.46. The molecule has 0 radical (unpaired) electrons. The van der Waals surface area contributed by atoms with Crippen LogP contribution in [0.1, 0.15) is 27.6 Å². The van der Waals surface area contributed by atoms with Crippen molar-refractivity contribution >= 4 is 17.7 Å². The Morgan fingerprint density at radius 3 is 2.30 bits per heavy atom. The first kappa shape index (κ1) is 18.1. The van der Waals surface area contributed by atoms with E-state index >= 15 is 0 Å². The van der Waals surface area contributed by atoms with E-state index in [0.717, 1.165) is 0 Å². The van der Waals surface area contributed by atoms with Gasteiger partial charge < -0.3 is 13.9 Å². The van der Waals surface area contributed by atoms with E-state index in [1.54, 1.807) is 49.6 Å². The largest absolute Gasteiger partial charge is 0.497 e. The van der Waals surface area contributed by atoms with Crippen LogP contribution in [0.25, 0.3) is 11.5 Å². The smallest absolute Gasteiger partial charge is 0.322 e. The summed E-state index contributed by atoms with van der Waals surface area (Å²) in [5.74, 6) is 0.809. The quantitative estimate of drug-likeness (QED) is 0.667. The van der Waals surface area contributed by atoms with E-state index in [1.165, 1.54) is 14.0 Å². The number of methoxy groups -OCH3 is 2. The third kappa shape index (κ3) is 3.95. The van der Waals surface area contributed by atoms with Crippen LogP contribution in [0.15, 0.2) is 46.9 Å². The number of hydrogen-bond acceptors (Lipinski definition) is 7. The summed E-state index contributed by atoms with van der Waals surface area (Å²) < 4.78 is 16.0. The average molecular weight is 367 g/mol. The summed E-state index contributed by atoms with van der Waals surface area (Å²) in [5, 5.41) is 10.3. The highest BCUT2D eigenvalue weighted by molar-refractivity contribution is 6.04. The van der Waals surface area contributed by atoms with Crippen molar-refractivity contribution in [3.63, 3.8) is 0 Å². The number of nitrogens with zero attached hydrogens (tertiary/aromatic N) is 2. The van der Waals surface area contributed by atoms with Gasteiger partial charge in [0.15, 0.2) is 5.78 Å². The van der Waals surface area contributed by atoms with E-state index in [0.29, 0.717) is 28.2 Å². The van der Waals surface area contributed by atoms with Gasteiger partial charge in [-0.1, -0.05) is 17.2 Å². The molecule has 1 N–H and O–H groups in total. The van der Waals surface area contributed by atoms with Gasteiger partial charge in [-0.15, -0.1) is 5.10 Å². The lowest BCUT2D eigenvalue weighted by molar-refractivity contribution is 0.100. The lowest BCUT2D eigenvalue weighted by Crippen LogP contribution is -2.12. The lowest BCUT2D eigenvalue weighted by Gasteiger charge is -2.07. The number of carbonyl (C=O) groups excluding carboxylic acids is 2. The van der Waals surface area contributed by atoms with E-state index in [4.69, 9.17) is 13.9 Å². The highest BCUT2D eigenvalue weighted by Crippen LogP contribution is 2.33. The molecule has 138 valence electrons. The van der Waals surface area contributed by atoms with Crippen LogP contribution in [-0.2, 0) is 0 Å². The maximum Gasteiger partial charge on any atom is 0.322 e. The van der Waals surface area contributed by atoms with Crippen LogP contribution in [0.5, 0.6) is 11.5 Å². The predicted molar refractivity (Wildman–Crippen MR) is 97.2 cm³/mol. The van der Waals surface area contributed by atoms with Gasteiger partial charge in [-0.25, -0.2) is 0 Å². The van der Waals surface area contributed by atoms with Crippen molar-refractivity contribution in [2.45, 2.75) is 6.92 Å². The first-order valence-corrected chi connectivity index (χ1v) is 8.00. The summed E-state index contributed by atoms with van der Waals surface area (Å²) in [7, 11) is 3.07. The van der Waals surface area contributed by atoms with Crippen LogP contribution < -0.4 is 14.8 Å². The molecule has 27 heavy (non-hydrogen) atoms. The Labute approximate surface area is 155 Å². The third-order valence-corrected chi connectivity index (χ3v) is 3.84. The number of Topliss-reactive ketones (excluding diaryl/α,β-unsaturated/α-hetero) is 1. The molecule has 3 rings (SSSR count). The molecular formula is C19H17N3O5. The normalized spacial score (nSPS) is 10.3. The minimum absolute atomic E-state index is 0.0523. The monoisotopic (exact) mass is 367 g/mol. The molecule has 0 aliphatic heterocycles. The number of anilines is 1. The number of ketones is 1. The molecule has 0 aliphatic rings. The minimum atomic E-state index is -0.429. The summed E-state index contributed by atoms with van der Waals surface area (Å²) in [6.07, 6.45) is 0. The Balaban J connectivity index is 1.78. The SMILES string of the molecule is COc1ccc(-c2nnc(NC(=O)c3ccc(C(C)=O)cc3)o2)c(OC)c1. The summed E-state index contributed by atoms with van der Waals surface area (Å²) >= 11 is 0. The molecule has 1 aromatic heterocycles.